The van der Waals surface area contributed by atoms with E-state index < -0.39 is 6.10 Å². The zero-order valence-electron chi connectivity index (χ0n) is 6.25. The SMILES string of the molecule is CCCC(O)c1conc1Br. The van der Waals surface area contributed by atoms with E-state index in [9.17, 15) is 5.11 Å². The Kier molecular flexibility index (Phi) is 3.08. The highest BCUT2D eigenvalue weighted by Crippen LogP contribution is 2.24. The summed E-state index contributed by atoms with van der Waals surface area (Å²) in [5, 5.41) is 13.1. The highest BCUT2D eigenvalue weighted by molar-refractivity contribution is 9.10. The Morgan fingerprint density at radius 1 is 1.82 bits per heavy atom. The normalized spacial score (nSPS) is 13.4. The van der Waals surface area contributed by atoms with Crippen molar-refractivity contribution in [2.24, 2.45) is 0 Å². The monoisotopic (exact) mass is 219 g/mol. The fraction of sp³-hybridized carbons (Fsp3) is 0.571. The number of rotatable bonds is 3. The summed E-state index contributed by atoms with van der Waals surface area (Å²) in [6.07, 6.45) is 2.68. The second-order valence-electron chi connectivity index (χ2n) is 2.37. The van der Waals surface area contributed by atoms with Crippen LogP contribution in [-0.2, 0) is 0 Å². The molecular weight excluding hydrogens is 210 g/mol. The van der Waals surface area contributed by atoms with Crippen LogP contribution < -0.4 is 0 Å². The van der Waals surface area contributed by atoms with Crippen LogP contribution in [0.1, 0.15) is 31.4 Å². The average Bonchev–Trinajstić information content (AvgIpc) is 2.36. The molecular formula is C7H10BrNO2. The molecule has 11 heavy (non-hydrogen) atoms. The molecule has 1 aromatic rings. The van der Waals surface area contributed by atoms with Crippen molar-refractivity contribution in [2.75, 3.05) is 0 Å². The Hall–Kier alpha value is -0.350. The Morgan fingerprint density at radius 3 is 3.00 bits per heavy atom. The van der Waals surface area contributed by atoms with Gasteiger partial charge in [-0.15, -0.1) is 0 Å². The average molecular weight is 220 g/mol. The molecule has 0 aromatic carbocycles. The Morgan fingerprint density at radius 2 is 2.55 bits per heavy atom. The molecule has 4 heteroatoms. The second kappa shape index (κ2) is 3.88. The number of hydrogen-bond acceptors (Lipinski definition) is 3. The van der Waals surface area contributed by atoms with Crippen molar-refractivity contribution in [3.05, 3.63) is 16.4 Å². The molecule has 0 aliphatic carbocycles. The number of aliphatic hydroxyl groups excluding tert-OH is 1. The summed E-state index contributed by atoms with van der Waals surface area (Å²) in [6.45, 7) is 2.02. The van der Waals surface area contributed by atoms with Crippen LogP contribution in [0.25, 0.3) is 0 Å². The molecule has 1 aromatic heterocycles. The number of hydrogen-bond donors (Lipinski definition) is 1. The molecule has 1 heterocycles. The smallest absolute Gasteiger partial charge is 0.154 e. The summed E-state index contributed by atoms with van der Waals surface area (Å²) < 4.78 is 5.25. The molecule has 0 bridgehead atoms. The lowest BCUT2D eigenvalue weighted by atomic mass is 10.1. The number of aliphatic hydroxyl groups is 1. The first-order chi connectivity index (χ1) is 5.25. The number of aromatic nitrogens is 1. The van der Waals surface area contributed by atoms with Crippen molar-refractivity contribution in [3.8, 4) is 0 Å². The van der Waals surface area contributed by atoms with Crippen LogP contribution >= 0.6 is 15.9 Å². The summed E-state index contributed by atoms with van der Waals surface area (Å²) in [7, 11) is 0. The molecule has 0 radical (unpaired) electrons. The summed E-state index contributed by atoms with van der Waals surface area (Å²) >= 11 is 3.17. The van der Waals surface area contributed by atoms with E-state index >= 15 is 0 Å². The van der Waals surface area contributed by atoms with Crippen LogP contribution in [0.15, 0.2) is 15.4 Å². The van der Waals surface area contributed by atoms with Crippen LogP contribution in [0.5, 0.6) is 0 Å². The molecule has 0 saturated heterocycles. The zero-order valence-corrected chi connectivity index (χ0v) is 7.84. The maximum Gasteiger partial charge on any atom is 0.154 e. The standard InChI is InChI=1S/C7H10BrNO2/c1-2-3-6(10)5-4-11-9-7(5)8/h4,6,10H,2-3H2,1H3. The molecule has 0 aliphatic rings. The molecule has 0 amide bonds. The molecule has 1 atom stereocenters. The van der Waals surface area contributed by atoms with E-state index in [-0.39, 0.29) is 0 Å². The number of halogens is 1. The first-order valence-corrected chi connectivity index (χ1v) is 4.32. The minimum Gasteiger partial charge on any atom is -0.388 e. The van der Waals surface area contributed by atoms with E-state index in [0.717, 1.165) is 18.4 Å². The summed E-state index contributed by atoms with van der Waals surface area (Å²) in [6, 6.07) is 0. The molecule has 3 nitrogen and oxygen atoms in total. The summed E-state index contributed by atoms with van der Waals surface area (Å²) in [5.74, 6) is 0. The Bertz CT molecular complexity index is 224. The van der Waals surface area contributed by atoms with Crippen LogP contribution in [0, 0.1) is 0 Å². The van der Waals surface area contributed by atoms with E-state index in [2.05, 4.69) is 25.6 Å². The quantitative estimate of drug-likeness (QED) is 0.849. The Labute approximate surface area is 73.5 Å². The second-order valence-corrected chi connectivity index (χ2v) is 3.12. The minimum atomic E-state index is -0.458. The minimum absolute atomic E-state index is 0.458. The molecule has 1 N–H and O–H groups in total. The first-order valence-electron chi connectivity index (χ1n) is 3.53. The van der Waals surface area contributed by atoms with Crippen LogP contribution in [0.3, 0.4) is 0 Å². The molecule has 0 spiro atoms. The van der Waals surface area contributed by atoms with Crippen molar-refractivity contribution >= 4 is 15.9 Å². The third-order valence-corrected chi connectivity index (χ3v) is 2.07. The van der Waals surface area contributed by atoms with Crippen LogP contribution in [-0.4, -0.2) is 10.3 Å². The van der Waals surface area contributed by atoms with E-state index in [1.165, 1.54) is 6.26 Å². The maximum atomic E-state index is 9.46. The van der Waals surface area contributed by atoms with Crippen molar-refractivity contribution < 1.29 is 9.63 Å². The molecule has 1 rings (SSSR count). The van der Waals surface area contributed by atoms with E-state index in [1.54, 1.807) is 0 Å². The zero-order chi connectivity index (χ0) is 8.27. The lowest BCUT2D eigenvalue weighted by molar-refractivity contribution is 0.165. The van der Waals surface area contributed by atoms with Gasteiger partial charge in [0.15, 0.2) is 4.60 Å². The van der Waals surface area contributed by atoms with Crippen molar-refractivity contribution in [1.29, 1.82) is 0 Å². The van der Waals surface area contributed by atoms with Gasteiger partial charge >= 0.3 is 0 Å². The lowest BCUT2D eigenvalue weighted by Crippen LogP contribution is -1.95. The maximum absolute atomic E-state index is 9.46. The van der Waals surface area contributed by atoms with Crippen molar-refractivity contribution in [2.45, 2.75) is 25.9 Å². The molecule has 62 valence electrons. The highest BCUT2D eigenvalue weighted by Gasteiger charge is 2.13. The highest BCUT2D eigenvalue weighted by atomic mass is 79.9. The van der Waals surface area contributed by atoms with Gasteiger partial charge in [0, 0.05) is 0 Å². The van der Waals surface area contributed by atoms with Crippen LogP contribution in [0.2, 0.25) is 0 Å². The van der Waals surface area contributed by atoms with Gasteiger partial charge in [0.2, 0.25) is 0 Å². The van der Waals surface area contributed by atoms with Gasteiger partial charge < -0.3 is 9.63 Å². The van der Waals surface area contributed by atoms with Gasteiger partial charge in [0.1, 0.15) is 6.26 Å². The molecule has 0 aliphatic heterocycles. The van der Waals surface area contributed by atoms with E-state index in [1.807, 2.05) is 6.92 Å². The van der Waals surface area contributed by atoms with E-state index in [4.69, 9.17) is 0 Å². The molecule has 1 unspecified atom stereocenters. The van der Waals surface area contributed by atoms with Crippen molar-refractivity contribution in [1.82, 2.24) is 5.16 Å². The van der Waals surface area contributed by atoms with Gasteiger partial charge in [-0.05, 0) is 22.4 Å². The largest absolute Gasteiger partial charge is 0.388 e. The Balaban J connectivity index is 2.67. The topological polar surface area (TPSA) is 46.3 Å². The predicted molar refractivity (Wildman–Crippen MR) is 44.1 cm³/mol. The van der Waals surface area contributed by atoms with E-state index in [0.29, 0.717) is 4.60 Å². The van der Waals surface area contributed by atoms with Gasteiger partial charge in [-0.1, -0.05) is 18.5 Å². The fourth-order valence-corrected chi connectivity index (χ4v) is 1.32. The fourth-order valence-electron chi connectivity index (χ4n) is 0.876. The van der Waals surface area contributed by atoms with Gasteiger partial charge in [0.25, 0.3) is 0 Å². The van der Waals surface area contributed by atoms with Gasteiger partial charge in [-0.25, -0.2) is 0 Å². The molecule has 0 saturated carbocycles. The lowest BCUT2D eigenvalue weighted by Gasteiger charge is -2.04. The number of nitrogens with zero attached hydrogens (tertiary/aromatic N) is 1. The van der Waals surface area contributed by atoms with Crippen molar-refractivity contribution in [3.63, 3.8) is 0 Å². The molecule has 0 fully saturated rings. The summed E-state index contributed by atoms with van der Waals surface area (Å²) in [5.41, 5.74) is 0.729. The van der Waals surface area contributed by atoms with Gasteiger partial charge in [-0.2, -0.15) is 0 Å². The third-order valence-electron chi connectivity index (χ3n) is 1.47. The predicted octanol–water partition coefficient (Wildman–Crippen LogP) is 2.27. The van der Waals surface area contributed by atoms with Gasteiger partial charge in [-0.3, -0.25) is 0 Å². The first kappa shape index (κ1) is 8.74. The van der Waals surface area contributed by atoms with Crippen LogP contribution in [0.4, 0.5) is 0 Å². The third kappa shape index (κ3) is 2.04. The van der Waals surface area contributed by atoms with Gasteiger partial charge in [0.05, 0.1) is 11.7 Å². The summed E-state index contributed by atoms with van der Waals surface area (Å²) in [4.78, 5) is 0.